The van der Waals surface area contributed by atoms with Crippen LogP contribution in [0.3, 0.4) is 0 Å². The largest absolute Gasteiger partial charge is 0.497 e. The summed E-state index contributed by atoms with van der Waals surface area (Å²) in [7, 11) is 3.07. The SMILES string of the molecule is CCO/C(=C\c1ccc(OC/C(=N\OC)c2cccc(OC)c2)cc1)C(=O)O. The topological polar surface area (TPSA) is 86.6 Å². The fourth-order valence-corrected chi connectivity index (χ4v) is 2.36. The summed E-state index contributed by atoms with van der Waals surface area (Å²) in [5.41, 5.74) is 2.12. The van der Waals surface area contributed by atoms with Gasteiger partial charge in [-0.3, -0.25) is 0 Å². The van der Waals surface area contributed by atoms with Crippen LogP contribution in [-0.2, 0) is 14.4 Å². The number of hydrogen-bond acceptors (Lipinski definition) is 6. The molecule has 148 valence electrons. The molecular weight excluding hydrogens is 362 g/mol. The molecule has 0 aliphatic heterocycles. The van der Waals surface area contributed by atoms with Crippen molar-refractivity contribution in [2.45, 2.75) is 6.92 Å². The zero-order valence-corrected chi connectivity index (χ0v) is 16.0. The molecule has 7 heteroatoms. The first-order chi connectivity index (χ1) is 13.6. The molecule has 2 aromatic rings. The van der Waals surface area contributed by atoms with E-state index in [-0.39, 0.29) is 19.0 Å². The first kappa shape index (κ1) is 20.8. The number of hydrogen-bond donors (Lipinski definition) is 1. The van der Waals surface area contributed by atoms with Crippen molar-refractivity contribution in [3.8, 4) is 11.5 Å². The molecule has 0 atom stereocenters. The van der Waals surface area contributed by atoms with Crippen LogP contribution < -0.4 is 9.47 Å². The van der Waals surface area contributed by atoms with Gasteiger partial charge in [-0.1, -0.05) is 29.4 Å². The van der Waals surface area contributed by atoms with Gasteiger partial charge in [-0.15, -0.1) is 0 Å². The van der Waals surface area contributed by atoms with Gasteiger partial charge in [0.05, 0.1) is 13.7 Å². The van der Waals surface area contributed by atoms with Crippen LogP contribution >= 0.6 is 0 Å². The highest BCUT2D eigenvalue weighted by atomic mass is 16.6. The Morgan fingerprint density at radius 3 is 2.46 bits per heavy atom. The van der Waals surface area contributed by atoms with Gasteiger partial charge in [-0.05, 0) is 42.8 Å². The Kier molecular flexibility index (Phi) is 7.90. The lowest BCUT2D eigenvalue weighted by Crippen LogP contribution is -2.13. The van der Waals surface area contributed by atoms with Crippen LogP contribution in [0.4, 0.5) is 0 Å². The minimum absolute atomic E-state index is 0.108. The van der Waals surface area contributed by atoms with Crippen molar-refractivity contribution in [1.82, 2.24) is 0 Å². The molecule has 7 nitrogen and oxygen atoms in total. The van der Waals surface area contributed by atoms with Crippen molar-refractivity contribution in [2.24, 2.45) is 5.16 Å². The van der Waals surface area contributed by atoms with Crippen LogP contribution in [0.5, 0.6) is 11.5 Å². The first-order valence-corrected chi connectivity index (χ1v) is 8.62. The van der Waals surface area contributed by atoms with E-state index in [1.165, 1.54) is 13.2 Å². The zero-order valence-electron chi connectivity index (χ0n) is 16.0. The molecule has 0 amide bonds. The van der Waals surface area contributed by atoms with Gasteiger partial charge in [-0.25, -0.2) is 4.79 Å². The fraction of sp³-hybridized carbons (Fsp3) is 0.238. The summed E-state index contributed by atoms with van der Waals surface area (Å²) in [5, 5.41) is 13.1. The van der Waals surface area contributed by atoms with Gasteiger partial charge in [0.25, 0.3) is 0 Å². The van der Waals surface area contributed by atoms with Crippen LogP contribution in [0.15, 0.2) is 59.4 Å². The molecule has 0 aliphatic carbocycles. The van der Waals surface area contributed by atoms with E-state index < -0.39 is 5.97 Å². The van der Waals surface area contributed by atoms with Crippen molar-refractivity contribution in [3.63, 3.8) is 0 Å². The van der Waals surface area contributed by atoms with Crippen LogP contribution in [0, 0.1) is 0 Å². The second kappa shape index (κ2) is 10.6. The normalized spacial score (nSPS) is 11.7. The summed E-state index contributed by atoms with van der Waals surface area (Å²) in [6.45, 7) is 2.20. The minimum Gasteiger partial charge on any atom is -0.497 e. The molecule has 0 radical (unpaired) electrons. The molecule has 28 heavy (non-hydrogen) atoms. The maximum absolute atomic E-state index is 11.1. The van der Waals surface area contributed by atoms with Crippen LogP contribution in [-0.4, -0.2) is 44.2 Å². The molecule has 0 unspecified atom stereocenters. The molecule has 0 spiro atoms. The van der Waals surface area contributed by atoms with Gasteiger partial charge in [-0.2, -0.15) is 0 Å². The number of aliphatic carboxylic acids is 1. The van der Waals surface area contributed by atoms with E-state index in [1.807, 2.05) is 24.3 Å². The molecule has 0 saturated carbocycles. The standard InChI is InChI=1S/C21H23NO6/c1-4-27-20(21(23)24)12-15-8-10-17(11-9-15)28-14-19(22-26-3)16-6-5-7-18(13-16)25-2/h5-13H,4,14H2,1-3H3,(H,23,24)/b20-12-,22-19+. The average molecular weight is 385 g/mol. The van der Waals surface area contributed by atoms with E-state index in [0.717, 1.165) is 5.56 Å². The second-order valence-corrected chi connectivity index (χ2v) is 5.56. The molecular formula is C21H23NO6. The number of carboxylic acid groups (broad SMARTS) is 1. The number of rotatable bonds is 10. The number of nitrogens with zero attached hydrogens (tertiary/aromatic N) is 1. The first-order valence-electron chi connectivity index (χ1n) is 8.62. The number of carbonyl (C=O) groups is 1. The number of ether oxygens (including phenoxy) is 3. The number of oxime groups is 1. The second-order valence-electron chi connectivity index (χ2n) is 5.56. The van der Waals surface area contributed by atoms with Gasteiger partial charge in [0.1, 0.15) is 30.9 Å². The number of methoxy groups -OCH3 is 1. The minimum atomic E-state index is -1.11. The molecule has 0 heterocycles. The summed E-state index contributed by atoms with van der Waals surface area (Å²) < 4.78 is 16.1. The Bertz CT molecular complexity index is 842. The summed E-state index contributed by atoms with van der Waals surface area (Å²) in [4.78, 5) is 16.0. The molecule has 1 N–H and O–H groups in total. The number of carboxylic acids is 1. The fourth-order valence-electron chi connectivity index (χ4n) is 2.36. The molecule has 0 fully saturated rings. The molecule has 2 aromatic carbocycles. The Labute approximate surface area is 163 Å². The van der Waals surface area contributed by atoms with E-state index in [4.69, 9.17) is 24.2 Å². The van der Waals surface area contributed by atoms with Crippen LogP contribution in [0.25, 0.3) is 6.08 Å². The third-order valence-electron chi connectivity index (χ3n) is 3.67. The third kappa shape index (κ3) is 6.05. The van der Waals surface area contributed by atoms with E-state index in [1.54, 1.807) is 38.3 Å². The highest BCUT2D eigenvalue weighted by Crippen LogP contribution is 2.17. The Morgan fingerprint density at radius 2 is 1.86 bits per heavy atom. The van der Waals surface area contributed by atoms with E-state index in [9.17, 15) is 4.79 Å². The number of benzene rings is 2. The maximum Gasteiger partial charge on any atom is 0.371 e. The lowest BCUT2D eigenvalue weighted by molar-refractivity contribution is -0.136. The molecule has 0 aliphatic rings. The quantitative estimate of drug-likeness (QED) is 0.291. The van der Waals surface area contributed by atoms with Gasteiger partial charge >= 0.3 is 5.97 Å². The summed E-state index contributed by atoms with van der Waals surface area (Å²) in [6.07, 6.45) is 1.46. The highest BCUT2D eigenvalue weighted by Gasteiger charge is 2.09. The van der Waals surface area contributed by atoms with Crippen LogP contribution in [0.1, 0.15) is 18.1 Å². The Hall–Kier alpha value is -3.48. The molecule has 0 aromatic heterocycles. The lowest BCUT2D eigenvalue weighted by atomic mass is 10.1. The van der Waals surface area contributed by atoms with Crippen molar-refractivity contribution < 1.29 is 28.9 Å². The Balaban J connectivity index is 2.09. The predicted octanol–water partition coefficient (Wildman–Crippen LogP) is 3.59. The van der Waals surface area contributed by atoms with Crippen LogP contribution in [0.2, 0.25) is 0 Å². The maximum atomic E-state index is 11.1. The van der Waals surface area contributed by atoms with E-state index in [0.29, 0.717) is 22.8 Å². The van der Waals surface area contributed by atoms with Gasteiger partial charge in [0.15, 0.2) is 0 Å². The Morgan fingerprint density at radius 1 is 1.11 bits per heavy atom. The zero-order chi connectivity index (χ0) is 20.4. The third-order valence-corrected chi connectivity index (χ3v) is 3.67. The van der Waals surface area contributed by atoms with Crippen molar-refractivity contribution >= 4 is 17.8 Å². The summed E-state index contributed by atoms with van der Waals surface area (Å²) >= 11 is 0. The molecule has 0 bridgehead atoms. The van der Waals surface area contributed by atoms with Gasteiger partial charge in [0.2, 0.25) is 5.76 Å². The smallest absolute Gasteiger partial charge is 0.371 e. The van der Waals surface area contributed by atoms with Crippen molar-refractivity contribution in [1.29, 1.82) is 0 Å². The van der Waals surface area contributed by atoms with E-state index >= 15 is 0 Å². The lowest BCUT2D eigenvalue weighted by Gasteiger charge is -2.10. The summed E-state index contributed by atoms with van der Waals surface area (Å²) in [6, 6.07) is 14.4. The predicted molar refractivity (Wildman–Crippen MR) is 106 cm³/mol. The van der Waals surface area contributed by atoms with Gasteiger partial charge < -0.3 is 24.2 Å². The average Bonchev–Trinajstić information content (AvgIpc) is 2.71. The molecule has 2 rings (SSSR count). The van der Waals surface area contributed by atoms with Crippen molar-refractivity contribution in [2.75, 3.05) is 27.4 Å². The van der Waals surface area contributed by atoms with Crippen molar-refractivity contribution in [3.05, 3.63) is 65.4 Å². The summed E-state index contributed by atoms with van der Waals surface area (Å²) in [5.74, 6) is 0.0997. The monoisotopic (exact) mass is 385 g/mol. The molecule has 0 saturated heterocycles. The van der Waals surface area contributed by atoms with E-state index in [2.05, 4.69) is 5.16 Å². The highest BCUT2D eigenvalue weighted by molar-refractivity contribution is 6.01. The van der Waals surface area contributed by atoms with Gasteiger partial charge in [0, 0.05) is 5.56 Å².